The first-order valence-corrected chi connectivity index (χ1v) is 9.08. The van der Waals surface area contributed by atoms with Crippen LogP contribution in [0.4, 0.5) is 0 Å². The van der Waals surface area contributed by atoms with Gasteiger partial charge < -0.3 is 9.47 Å². The molecule has 0 spiro atoms. The summed E-state index contributed by atoms with van der Waals surface area (Å²) >= 11 is 0. The average Bonchev–Trinajstić information content (AvgIpc) is 2.57. The van der Waals surface area contributed by atoms with Crippen LogP contribution in [0.1, 0.15) is 24.2 Å². The summed E-state index contributed by atoms with van der Waals surface area (Å²) in [4.78, 5) is 4.37. The van der Waals surface area contributed by atoms with Crippen LogP contribution in [0.2, 0.25) is 0 Å². The number of aromatic nitrogens is 1. The van der Waals surface area contributed by atoms with Gasteiger partial charge in [-0.25, -0.2) is 13.1 Å². The molecule has 2 aromatic rings. The van der Waals surface area contributed by atoms with Gasteiger partial charge in [0.15, 0.2) is 0 Å². The summed E-state index contributed by atoms with van der Waals surface area (Å²) in [6.07, 6.45) is 1.64. The third-order valence-corrected chi connectivity index (χ3v) is 5.00. The summed E-state index contributed by atoms with van der Waals surface area (Å²) in [5.74, 6) is 0.642. The number of benzene rings is 1. The highest BCUT2D eigenvalue weighted by Gasteiger charge is 2.19. The van der Waals surface area contributed by atoms with E-state index in [1.54, 1.807) is 44.5 Å². The molecule has 2 rings (SSSR count). The Morgan fingerprint density at radius 1 is 1.21 bits per heavy atom. The zero-order valence-corrected chi connectivity index (χ0v) is 14.8. The van der Waals surface area contributed by atoms with E-state index in [0.29, 0.717) is 24.7 Å². The second-order valence-corrected chi connectivity index (χ2v) is 7.08. The van der Waals surface area contributed by atoms with Gasteiger partial charge in [-0.15, -0.1) is 0 Å². The summed E-state index contributed by atoms with van der Waals surface area (Å²) in [7, 11) is -2.04. The van der Waals surface area contributed by atoms with Gasteiger partial charge in [0.1, 0.15) is 12.4 Å². The van der Waals surface area contributed by atoms with Crippen molar-refractivity contribution in [1.29, 1.82) is 0 Å². The lowest BCUT2D eigenvalue weighted by molar-refractivity contribution is 0.146. The van der Waals surface area contributed by atoms with Crippen molar-refractivity contribution in [2.45, 2.75) is 24.8 Å². The van der Waals surface area contributed by atoms with Gasteiger partial charge in [-0.1, -0.05) is 6.07 Å². The Bertz CT molecular complexity index is 763. The molecular weight excluding hydrogens is 328 g/mol. The lowest BCUT2D eigenvalue weighted by Gasteiger charge is -2.15. The fourth-order valence-electron chi connectivity index (χ4n) is 2.18. The van der Waals surface area contributed by atoms with E-state index in [4.69, 9.17) is 9.47 Å². The number of rotatable bonds is 8. The highest BCUT2D eigenvalue weighted by molar-refractivity contribution is 7.89. The highest BCUT2D eigenvalue weighted by Crippen LogP contribution is 2.23. The molecule has 1 N–H and O–H groups in total. The lowest BCUT2D eigenvalue weighted by Crippen LogP contribution is -2.27. The average molecular weight is 350 g/mol. The van der Waals surface area contributed by atoms with E-state index in [2.05, 4.69) is 9.71 Å². The van der Waals surface area contributed by atoms with Crippen LogP contribution < -0.4 is 9.46 Å². The highest BCUT2D eigenvalue weighted by atomic mass is 32.2. The Hall–Kier alpha value is -1.96. The third-order valence-electron chi connectivity index (χ3n) is 3.47. The Kier molecular flexibility index (Phi) is 6.30. The summed E-state index contributed by atoms with van der Waals surface area (Å²) in [5.41, 5.74) is 1.41. The van der Waals surface area contributed by atoms with Crippen LogP contribution in [-0.2, 0) is 14.8 Å². The van der Waals surface area contributed by atoms with Crippen LogP contribution in [0.25, 0.3) is 0 Å². The molecule has 1 unspecified atom stereocenters. The van der Waals surface area contributed by atoms with Crippen LogP contribution in [0.3, 0.4) is 0 Å². The van der Waals surface area contributed by atoms with Crippen molar-refractivity contribution in [3.8, 4) is 5.75 Å². The van der Waals surface area contributed by atoms with Crippen molar-refractivity contribution in [2.75, 3.05) is 20.3 Å². The number of methoxy groups -OCH3 is 1. The van der Waals surface area contributed by atoms with Crippen molar-refractivity contribution >= 4 is 10.0 Å². The minimum atomic E-state index is -3.64. The molecule has 0 saturated carbocycles. The number of nitrogens with one attached hydrogen (secondary N) is 1. The molecule has 0 aliphatic rings. The summed E-state index contributed by atoms with van der Waals surface area (Å²) in [6.45, 7) is 4.46. The largest absolute Gasteiger partial charge is 0.491 e. The van der Waals surface area contributed by atoms with E-state index in [1.165, 1.54) is 6.07 Å². The molecule has 1 aromatic heterocycles. The van der Waals surface area contributed by atoms with Gasteiger partial charge in [0.2, 0.25) is 10.0 Å². The van der Waals surface area contributed by atoms with Crippen molar-refractivity contribution < 1.29 is 17.9 Å². The van der Waals surface area contributed by atoms with Crippen LogP contribution in [0.5, 0.6) is 5.75 Å². The molecule has 0 aliphatic carbocycles. The molecule has 1 atom stereocenters. The number of pyridine rings is 1. The molecule has 0 radical (unpaired) electrons. The second-order valence-electron chi connectivity index (χ2n) is 5.37. The van der Waals surface area contributed by atoms with Crippen LogP contribution >= 0.6 is 0 Å². The number of hydrogen-bond donors (Lipinski definition) is 1. The predicted octanol–water partition coefficient (Wildman–Crippen LogP) is 2.45. The normalized spacial score (nSPS) is 12.8. The van der Waals surface area contributed by atoms with Gasteiger partial charge in [-0.3, -0.25) is 4.98 Å². The van der Waals surface area contributed by atoms with E-state index in [1.807, 2.05) is 13.0 Å². The fourth-order valence-corrected chi connectivity index (χ4v) is 3.48. The standard InChI is InChI=1S/C17H22N2O4S/c1-13-12-15(7-8-17(13)23-11-10-22-3)24(20,21)19-14(2)16-6-4-5-9-18-16/h4-9,12,14,19H,10-11H2,1-3H3. The topological polar surface area (TPSA) is 77.5 Å². The van der Waals surface area contributed by atoms with E-state index < -0.39 is 16.1 Å². The molecule has 24 heavy (non-hydrogen) atoms. The molecule has 0 fully saturated rings. The first-order chi connectivity index (χ1) is 11.4. The van der Waals surface area contributed by atoms with Crippen molar-refractivity contribution in [1.82, 2.24) is 9.71 Å². The van der Waals surface area contributed by atoms with Gasteiger partial charge in [0.25, 0.3) is 0 Å². The van der Waals surface area contributed by atoms with Crippen molar-refractivity contribution in [3.63, 3.8) is 0 Å². The van der Waals surface area contributed by atoms with Crippen molar-refractivity contribution in [3.05, 3.63) is 53.9 Å². The van der Waals surface area contributed by atoms with E-state index >= 15 is 0 Å². The van der Waals surface area contributed by atoms with E-state index in [-0.39, 0.29) is 4.90 Å². The quantitative estimate of drug-likeness (QED) is 0.740. The fraction of sp³-hybridized carbons (Fsp3) is 0.353. The zero-order valence-electron chi connectivity index (χ0n) is 14.0. The summed E-state index contributed by atoms with van der Waals surface area (Å²) < 4.78 is 38.2. The smallest absolute Gasteiger partial charge is 0.241 e. The Balaban J connectivity index is 2.13. The maximum absolute atomic E-state index is 12.5. The predicted molar refractivity (Wildman–Crippen MR) is 91.5 cm³/mol. The first kappa shape index (κ1) is 18.4. The monoisotopic (exact) mass is 350 g/mol. The first-order valence-electron chi connectivity index (χ1n) is 7.59. The maximum atomic E-state index is 12.5. The SMILES string of the molecule is COCCOc1ccc(S(=O)(=O)NC(C)c2ccccn2)cc1C. The van der Waals surface area contributed by atoms with Crippen LogP contribution in [-0.4, -0.2) is 33.7 Å². The molecule has 0 saturated heterocycles. The zero-order chi connectivity index (χ0) is 17.6. The number of hydrogen-bond acceptors (Lipinski definition) is 5. The van der Waals surface area contributed by atoms with Crippen LogP contribution in [0.15, 0.2) is 47.5 Å². The molecule has 1 aromatic carbocycles. The number of sulfonamides is 1. The van der Waals surface area contributed by atoms with Crippen molar-refractivity contribution in [2.24, 2.45) is 0 Å². The Morgan fingerprint density at radius 2 is 2.00 bits per heavy atom. The van der Waals surface area contributed by atoms with Gasteiger partial charge >= 0.3 is 0 Å². The summed E-state index contributed by atoms with van der Waals surface area (Å²) in [5, 5.41) is 0. The molecule has 1 heterocycles. The van der Waals surface area contributed by atoms with E-state index in [9.17, 15) is 8.42 Å². The third kappa shape index (κ3) is 4.77. The molecule has 0 bridgehead atoms. The molecular formula is C17H22N2O4S. The Labute approximate surface area is 142 Å². The van der Waals surface area contributed by atoms with Gasteiger partial charge in [-0.05, 0) is 49.7 Å². The van der Waals surface area contributed by atoms with E-state index in [0.717, 1.165) is 5.56 Å². The molecule has 0 amide bonds. The number of ether oxygens (including phenoxy) is 2. The molecule has 130 valence electrons. The summed E-state index contributed by atoms with van der Waals surface area (Å²) in [6, 6.07) is 9.75. The lowest BCUT2D eigenvalue weighted by atomic mass is 10.2. The van der Waals surface area contributed by atoms with Gasteiger partial charge in [-0.2, -0.15) is 0 Å². The minimum absolute atomic E-state index is 0.196. The molecule has 7 heteroatoms. The van der Waals surface area contributed by atoms with Crippen LogP contribution in [0, 0.1) is 6.92 Å². The van der Waals surface area contributed by atoms with Gasteiger partial charge in [0.05, 0.1) is 23.2 Å². The molecule has 0 aliphatic heterocycles. The minimum Gasteiger partial charge on any atom is -0.491 e. The second kappa shape index (κ2) is 8.23. The number of nitrogens with zero attached hydrogens (tertiary/aromatic N) is 1. The Morgan fingerprint density at radius 3 is 2.62 bits per heavy atom. The van der Waals surface area contributed by atoms with Gasteiger partial charge in [0, 0.05) is 13.3 Å². The molecule has 6 nitrogen and oxygen atoms in total. The number of aryl methyl sites for hydroxylation is 1. The maximum Gasteiger partial charge on any atom is 0.241 e.